The summed E-state index contributed by atoms with van der Waals surface area (Å²) in [6.07, 6.45) is 4.00. The quantitative estimate of drug-likeness (QED) is 0.239. The van der Waals surface area contributed by atoms with Gasteiger partial charge in [0.15, 0.2) is 11.4 Å². The molecule has 0 heterocycles. The van der Waals surface area contributed by atoms with Gasteiger partial charge in [-0.05, 0) is 76.2 Å². The van der Waals surface area contributed by atoms with Crippen LogP contribution in [0.25, 0.3) is 0 Å². The van der Waals surface area contributed by atoms with Crippen molar-refractivity contribution < 1.29 is 39.9 Å². The van der Waals surface area contributed by atoms with E-state index in [4.69, 9.17) is 5.73 Å². The first-order valence-corrected chi connectivity index (χ1v) is 13.1. The number of nitrogens with zero attached hydrogens (tertiary/aromatic N) is 1. The summed E-state index contributed by atoms with van der Waals surface area (Å²) in [6, 6.07) is 1.83. The lowest BCUT2D eigenvalue weighted by Crippen LogP contribution is -2.63. The number of ketones is 2. The van der Waals surface area contributed by atoms with E-state index in [9.17, 15) is 39.9 Å². The van der Waals surface area contributed by atoms with Crippen molar-refractivity contribution >= 4 is 17.5 Å². The van der Waals surface area contributed by atoms with Crippen LogP contribution in [-0.4, -0.2) is 79.2 Å². The molecule has 1 aromatic carbocycles. The monoisotopic (exact) mass is 536 g/mol. The number of likely N-dealkylation sites (N-methyl/N-ethyl adjacent to an activating group) is 1. The topological polar surface area (TPSA) is 182 Å². The van der Waals surface area contributed by atoms with E-state index in [1.807, 2.05) is 0 Å². The zero-order valence-corrected chi connectivity index (χ0v) is 21.8. The molecule has 0 aromatic heterocycles. The van der Waals surface area contributed by atoms with E-state index in [0.29, 0.717) is 24.0 Å². The fourth-order valence-electron chi connectivity index (χ4n) is 6.81. The molecule has 0 aliphatic heterocycles. The van der Waals surface area contributed by atoms with E-state index >= 15 is 0 Å². The third-order valence-corrected chi connectivity index (χ3v) is 8.72. The van der Waals surface area contributed by atoms with Gasteiger partial charge in [-0.25, -0.2) is 0 Å². The lowest BCUT2D eigenvalue weighted by Gasteiger charge is -2.50. The Hall–Kier alpha value is -3.65. The maximum absolute atomic E-state index is 13.8. The number of carbonyl (C=O) groups excluding carboxylic acids is 3. The number of aliphatic hydroxyl groups excluding tert-OH is 2. The fraction of sp³-hybridized carbons (Fsp3) is 0.483. The highest BCUT2D eigenvalue weighted by Crippen LogP contribution is 2.52. The standard InChI is InChI=1S/C29H32N2O8/c1-31(2)22-17-13-15-12-16-14(8-11-28(38)9-4-3-5-10-28)6-7-18(32)20(16)23(33)19(15)25(35)29(17,39)26(36)21(24(22)34)27(30)37/h6-7,15,17,22,32,34-35,38-39H,3-5,9-10,12-13H2,1-2H3,(H2,30,37). The molecule has 7 N–H and O–H groups in total. The number of primary amides is 1. The maximum atomic E-state index is 13.8. The van der Waals surface area contributed by atoms with Crippen molar-refractivity contribution in [3.05, 3.63) is 51.5 Å². The summed E-state index contributed by atoms with van der Waals surface area (Å²) in [5.74, 6) is -0.996. The first-order chi connectivity index (χ1) is 18.3. The second-order valence-corrected chi connectivity index (χ2v) is 11.3. The fourth-order valence-corrected chi connectivity index (χ4v) is 6.81. The van der Waals surface area contributed by atoms with Gasteiger partial charge in [0.05, 0.1) is 11.6 Å². The zero-order chi connectivity index (χ0) is 28.4. The lowest BCUT2D eigenvalue weighted by atomic mass is 9.58. The van der Waals surface area contributed by atoms with E-state index < -0.39 is 63.6 Å². The molecule has 5 rings (SSSR count). The van der Waals surface area contributed by atoms with E-state index in [1.54, 1.807) is 20.2 Å². The number of fused-ring (bicyclic) bond motifs is 3. The minimum Gasteiger partial charge on any atom is -0.510 e. The van der Waals surface area contributed by atoms with Crippen LogP contribution in [0.4, 0.5) is 0 Å². The Morgan fingerprint density at radius 3 is 2.36 bits per heavy atom. The number of benzene rings is 1. The average molecular weight is 537 g/mol. The zero-order valence-electron chi connectivity index (χ0n) is 21.8. The predicted molar refractivity (Wildman–Crippen MR) is 139 cm³/mol. The van der Waals surface area contributed by atoms with Crippen LogP contribution in [-0.2, 0) is 16.0 Å². The summed E-state index contributed by atoms with van der Waals surface area (Å²) >= 11 is 0. The van der Waals surface area contributed by atoms with Gasteiger partial charge >= 0.3 is 0 Å². The molecule has 4 aliphatic carbocycles. The van der Waals surface area contributed by atoms with Crippen LogP contribution >= 0.6 is 0 Å². The van der Waals surface area contributed by atoms with Gasteiger partial charge in [-0.1, -0.05) is 18.3 Å². The number of rotatable bonds is 2. The molecule has 0 radical (unpaired) electrons. The van der Waals surface area contributed by atoms with Crippen LogP contribution < -0.4 is 5.73 Å². The van der Waals surface area contributed by atoms with Gasteiger partial charge in [-0.3, -0.25) is 19.3 Å². The second-order valence-electron chi connectivity index (χ2n) is 11.3. The number of amides is 1. The number of allylic oxidation sites excluding steroid dienone is 1. The van der Waals surface area contributed by atoms with Crippen molar-refractivity contribution in [2.75, 3.05) is 14.1 Å². The Labute approximate surface area is 225 Å². The van der Waals surface area contributed by atoms with Gasteiger partial charge in [0, 0.05) is 17.1 Å². The largest absolute Gasteiger partial charge is 0.510 e. The van der Waals surface area contributed by atoms with Crippen LogP contribution in [0.3, 0.4) is 0 Å². The molecule has 206 valence electrons. The Balaban J connectivity index is 1.65. The molecule has 10 heteroatoms. The third-order valence-electron chi connectivity index (χ3n) is 8.72. The lowest BCUT2D eigenvalue weighted by molar-refractivity contribution is -0.148. The molecule has 1 fully saturated rings. The molecule has 1 aromatic rings. The highest BCUT2D eigenvalue weighted by atomic mass is 16.3. The van der Waals surface area contributed by atoms with Crippen molar-refractivity contribution in [3.63, 3.8) is 0 Å². The molecule has 10 nitrogen and oxygen atoms in total. The first kappa shape index (κ1) is 26.9. The third kappa shape index (κ3) is 3.95. The van der Waals surface area contributed by atoms with Gasteiger partial charge in [0.1, 0.15) is 28.4 Å². The minimum absolute atomic E-state index is 0.00176. The van der Waals surface area contributed by atoms with Gasteiger partial charge in [0.25, 0.3) is 5.91 Å². The summed E-state index contributed by atoms with van der Waals surface area (Å²) in [7, 11) is 3.16. The molecule has 39 heavy (non-hydrogen) atoms. The molecule has 4 unspecified atom stereocenters. The molecule has 4 atom stereocenters. The minimum atomic E-state index is -2.68. The normalized spacial score (nSPS) is 29.8. The summed E-state index contributed by atoms with van der Waals surface area (Å²) in [6.45, 7) is 0. The first-order valence-electron chi connectivity index (χ1n) is 13.1. The van der Waals surface area contributed by atoms with E-state index in [-0.39, 0.29) is 29.7 Å². The Morgan fingerprint density at radius 2 is 1.74 bits per heavy atom. The number of nitrogens with two attached hydrogens (primary N) is 1. The molecule has 1 saturated carbocycles. The highest BCUT2D eigenvalue weighted by molar-refractivity contribution is 6.24. The summed E-state index contributed by atoms with van der Waals surface area (Å²) in [5.41, 5.74) is 1.28. The number of aromatic hydroxyl groups is 1. The number of hydrogen-bond donors (Lipinski definition) is 6. The van der Waals surface area contributed by atoms with Crippen molar-refractivity contribution in [3.8, 4) is 17.6 Å². The molecule has 4 aliphatic rings. The Morgan fingerprint density at radius 1 is 1.08 bits per heavy atom. The second kappa shape index (κ2) is 9.23. The predicted octanol–water partition coefficient (Wildman–Crippen LogP) is 1.17. The van der Waals surface area contributed by atoms with Crippen LogP contribution in [0.5, 0.6) is 5.75 Å². The van der Waals surface area contributed by atoms with Crippen molar-refractivity contribution in [1.82, 2.24) is 4.90 Å². The van der Waals surface area contributed by atoms with Gasteiger partial charge in [-0.15, -0.1) is 0 Å². The molecule has 1 amide bonds. The number of aliphatic hydroxyl groups is 4. The van der Waals surface area contributed by atoms with E-state index in [1.165, 1.54) is 11.0 Å². The van der Waals surface area contributed by atoms with Crippen LogP contribution in [0.15, 0.2) is 34.8 Å². The van der Waals surface area contributed by atoms with Gasteiger partial charge < -0.3 is 31.3 Å². The Bertz CT molecular complexity index is 1420. The number of phenolic OH excluding ortho intramolecular Hbond substituents is 1. The van der Waals surface area contributed by atoms with Gasteiger partial charge in [-0.2, -0.15) is 0 Å². The molecule has 0 spiro atoms. The SMILES string of the molecule is CN(C)C1C(O)=C(C(N)=O)C(=O)C2(O)C(O)=C3C(=O)c4c(O)ccc(C#CC5(O)CCCCC5)c4CC3CC12. The number of carbonyl (C=O) groups is 3. The maximum Gasteiger partial charge on any atom is 0.255 e. The summed E-state index contributed by atoms with van der Waals surface area (Å²) < 4.78 is 0. The Kier molecular flexibility index (Phi) is 6.37. The average Bonchev–Trinajstić information content (AvgIpc) is 2.86. The summed E-state index contributed by atoms with van der Waals surface area (Å²) in [5, 5.41) is 55.4. The highest BCUT2D eigenvalue weighted by Gasteiger charge is 2.63. The van der Waals surface area contributed by atoms with E-state index in [0.717, 1.165) is 19.3 Å². The molecular weight excluding hydrogens is 504 g/mol. The number of hydrogen-bond acceptors (Lipinski definition) is 9. The smallest absolute Gasteiger partial charge is 0.255 e. The number of phenols is 1. The molecule has 0 saturated heterocycles. The molecular formula is C29H32N2O8. The van der Waals surface area contributed by atoms with E-state index in [2.05, 4.69) is 11.8 Å². The number of Topliss-reactive ketones (excluding diaryl/α,β-unsaturated/α-hetero) is 2. The van der Waals surface area contributed by atoms with Crippen LogP contribution in [0.2, 0.25) is 0 Å². The van der Waals surface area contributed by atoms with Crippen molar-refractivity contribution in [1.29, 1.82) is 0 Å². The van der Waals surface area contributed by atoms with Crippen LogP contribution in [0, 0.1) is 23.7 Å². The summed E-state index contributed by atoms with van der Waals surface area (Å²) in [4.78, 5) is 40.7. The van der Waals surface area contributed by atoms with Crippen molar-refractivity contribution in [2.24, 2.45) is 17.6 Å². The van der Waals surface area contributed by atoms with Crippen LogP contribution in [0.1, 0.15) is 60.0 Å². The van der Waals surface area contributed by atoms with Gasteiger partial charge in [0.2, 0.25) is 5.78 Å². The molecule has 0 bridgehead atoms. The van der Waals surface area contributed by atoms with Crippen molar-refractivity contribution in [2.45, 2.75) is 62.2 Å².